The summed E-state index contributed by atoms with van der Waals surface area (Å²) in [6, 6.07) is 2.96. The SMILES string of the molecule is CC(=O)[O][Pb]([O]C(C)=O)([O]C(C)=O)[c]1ccco1. The molecule has 0 aliphatic carbocycles. The number of carbonyl (C=O) groups excluding carboxylic acids is 3. The molecule has 1 aromatic rings. The summed E-state index contributed by atoms with van der Waals surface area (Å²) in [5.41, 5.74) is 0. The third-order valence-corrected chi connectivity index (χ3v) is 11.6. The molecular weight excluding hydrogens is 439 g/mol. The molecule has 0 bridgehead atoms. The van der Waals surface area contributed by atoms with Crippen LogP contribution in [0.4, 0.5) is 0 Å². The first-order valence-corrected chi connectivity index (χ1v) is 11.7. The van der Waals surface area contributed by atoms with Gasteiger partial charge in [-0.25, -0.2) is 0 Å². The summed E-state index contributed by atoms with van der Waals surface area (Å²) < 4.78 is 20.2. The van der Waals surface area contributed by atoms with Crippen molar-refractivity contribution in [1.29, 1.82) is 0 Å². The second kappa shape index (κ2) is 5.98. The van der Waals surface area contributed by atoms with E-state index in [9.17, 15) is 14.4 Å². The summed E-state index contributed by atoms with van der Waals surface area (Å²) in [5, 5.41) is 0. The van der Waals surface area contributed by atoms with Crippen LogP contribution in [0, 0.1) is 0 Å². The number of furan rings is 1. The molecule has 0 aliphatic rings. The van der Waals surface area contributed by atoms with Crippen LogP contribution in [0.1, 0.15) is 20.8 Å². The van der Waals surface area contributed by atoms with Crippen molar-refractivity contribution in [2.24, 2.45) is 0 Å². The molecule has 18 heavy (non-hydrogen) atoms. The molecule has 0 saturated heterocycles. The molecule has 0 unspecified atom stereocenters. The molecule has 0 N–H and O–H groups in total. The Morgan fingerprint density at radius 3 is 1.72 bits per heavy atom. The molecule has 0 aromatic carbocycles. The molecule has 1 rings (SSSR count). The summed E-state index contributed by atoms with van der Waals surface area (Å²) >= 11 is -5.04. The number of carbonyl (C=O) groups is 3. The summed E-state index contributed by atoms with van der Waals surface area (Å²) in [4.78, 5) is 33.4. The fourth-order valence-electron chi connectivity index (χ4n) is 1.23. The van der Waals surface area contributed by atoms with Crippen LogP contribution in [-0.4, -0.2) is 40.4 Å². The van der Waals surface area contributed by atoms with E-state index in [-0.39, 0.29) is 3.32 Å². The summed E-state index contributed by atoms with van der Waals surface area (Å²) in [6.45, 7) is 3.39. The maximum absolute atomic E-state index is 11.1. The molecule has 7 nitrogen and oxygen atoms in total. The molecule has 0 amide bonds. The van der Waals surface area contributed by atoms with Crippen LogP contribution in [-0.2, 0) is 22.4 Å². The fraction of sp³-hybridized carbons (Fsp3) is 0.300. The molecule has 1 heterocycles. The van der Waals surface area contributed by atoms with Crippen LogP contribution in [0.2, 0.25) is 0 Å². The van der Waals surface area contributed by atoms with Crippen molar-refractivity contribution < 1.29 is 26.9 Å². The first kappa shape index (κ1) is 14.7. The van der Waals surface area contributed by atoms with Crippen molar-refractivity contribution in [3.63, 3.8) is 0 Å². The van der Waals surface area contributed by atoms with Crippen molar-refractivity contribution in [2.45, 2.75) is 20.8 Å². The number of rotatable bonds is 4. The first-order valence-electron chi connectivity index (χ1n) is 4.98. The molecule has 1 aromatic heterocycles. The maximum atomic E-state index is 11.1. The van der Waals surface area contributed by atoms with Gasteiger partial charge in [0, 0.05) is 0 Å². The average Bonchev–Trinajstić information content (AvgIpc) is 2.65. The van der Waals surface area contributed by atoms with Gasteiger partial charge in [0.2, 0.25) is 0 Å². The minimum absolute atomic E-state index is 0.0862. The molecule has 0 atom stereocenters. The zero-order valence-electron chi connectivity index (χ0n) is 10.1. The van der Waals surface area contributed by atoms with Gasteiger partial charge in [-0.2, -0.15) is 0 Å². The van der Waals surface area contributed by atoms with Crippen molar-refractivity contribution >= 4 is 43.8 Å². The fourth-order valence-corrected chi connectivity index (χ4v) is 9.30. The average molecular weight is 451 g/mol. The predicted molar refractivity (Wildman–Crippen MR) is 59.4 cm³/mol. The van der Waals surface area contributed by atoms with Gasteiger partial charge >= 0.3 is 110 Å². The second-order valence-corrected chi connectivity index (χ2v) is 11.9. The summed E-state index contributed by atoms with van der Waals surface area (Å²) in [7, 11) is 0. The third-order valence-electron chi connectivity index (χ3n) is 1.66. The van der Waals surface area contributed by atoms with E-state index in [1.165, 1.54) is 18.4 Å². The van der Waals surface area contributed by atoms with Gasteiger partial charge in [-0.05, 0) is 0 Å². The molecule has 0 aliphatic heterocycles. The Hall–Kier alpha value is -1.39. The molecule has 98 valence electrons. The first-order chi connectivity index (χ1) is 8.35. The van der Waals surface area contributed by atoms with E-state index >= 15 is 0 Å². The number of hydrogen-bond donors (Lipinski definition) is 0. The van der Waals surface area contributed by atoms with Gasteiger partial charge in [-0.3, -0.25) is 0 Å². The Labute approximate surface area is 110 Å². The van der Waals surface area contributed by atoms with Gasteiger partial charge in [-0.15, -0.1) is 0 Å². The van der Waals surface area contributed by atoms with Gasteiger partial charge in [0.1, 0.15) is 0 Å². The van der Waals surface area contributed by atoms with Crippen molar-refractivity contribution in [1.82, 2.24) is 0 Å². The molecule has 0 fully saturated rings. The summed E-state index contributed by atoms with van der Waals surface area (Å²) in [6.07, 6.45) is 1.31. The Morgan fingerprint density at radius 2 is 1.44 bits per heavy atom. The molecular formula is C10H12O7Pb. The Kier molecular flexibility index (Phi) is 4.87. The van der Waals surface area contributed by atoms with Crippen LogP contribution in [0.15, 0.2) is 22.8 Å². The van der Waals surface area contributed by atoms with Gasteiger partial charge in [-0.1, -0.05) is 0 Å². The van der Waals surface area contributed by atoms with Crippen molar-refractivity contribution in [3.8, 4) is 0 Å². The Balaban J connectivity index is 3.19. The Bertz CT molecular complexity index is 410. The molecule has 8 heteroatoms. The predicted octanol–water partition coefficient (Wildman–Crippen LogP) is 0.115. The van der Waals surface area contributed by atoms with E-state index in [2.05, 4.69) is 0 Å². The Morgan fingerprint density at radius 1 is 1.00 bits per heavy atom. The van der Waals surface area contributed by atoms with Crippen molar-refractivity contribution in [2.75, 3.05) is 0 Å². The van der Waals surface area contributed by atoms with Crippen LogP contribution in [0.25, 0.3) is 0 Å². The molecule has 0 saturated carbocycles. The van der Waals surface area contributed by atoms with Crippen LogP contribution in [0.5, 0.6) is 0 Å². The number of hydrogen-bond acceptors (Lipinski definition) is 7. The molecule has 0 spiro atoms. The zero-order valence-corrected chi connectivity index (χ0v) is 14.0. The van der Waals surface area contributed by atoms with E-state index in [0.29, 0.717) is 0 Å². The minimum atomic E-state index is -5.04. The summed E-state index contributed by atoms with van der Waals surface area (Å²) in [5.74, 6) is -2.14. The topological polar surface area (TPSA) is 92.0 Å². The van der Waals surface area contributed by atoms with E-state index in [0.717, 1.165) is 20.8 Å². The van der Waals surface area contributed by atoms with Gasteiger partial charge in [0.05, 0.1) is 0 Å². The third kappa shape index (κ3) is 3.82. The van der Waals surface area contributed by atoms with E-state index < -0.39 is 40.4 Å². The van der Waals surface area contributed by atoms with Crippen molar-refractivity contribution in [3.05, 3.63) is 18.4 Å². The molecule has 0 radical (unpaired) electrons. The van der Waals surface area contributed by atoms with Gasteiger partial charge in [0.25, 0.3) is 0 Å². The van der Waals surface area contributed by atoms with Gasteiger partial charge in [0.15, 0.2) is 0 Å². The second-order valence-electron chi connectivity index (χ2n) is 3.31. The van der Waals surface area contributed by atoms with Crippen LogP contribution >= 0.6 is 0 Å². The zero-order chi connectivity index (χ0) is 13.8. The van der Waals surface area contributed by atoms with E-state index in [1.807, 2.05) is 0 Å². The van der Waals surface area contributed by atoms with Crippen LogP contribution in [0.3, 0.4) is 0 Å². The van der Waals surface area contributed by atoms with Crippen LogP contribution < -0.4 is 3.32 Å². The normalized spacial score (nSPS) is 10.6. The standard InChI is InChI=1S/C4H3O.3C2H4O2.Pb/c1-2-4-5-3-1;3*1-2(3)4;/h1-3H;3*1H3,(H,3,4);/q;;;;+3/p-3. The van der Waals surface area contributed by atoms with E-state index in [4.69, 9.17) is 12.5 Å². The van der Waals surface area contributed by atoms with Gasteiger partial charge < -0.3 is 0 Å². The quantitative estimate of drug-likeness (QED) is 0.601. The van der Waals surface area contributed by atoms with E-state index in [1.54, 1.807) is 0 Å². The monoisotopic (exact) mass is 452 g/mol.